The Hall–Kier alpha value is -16.8. The van der Waals surface area contributed by atoms with Crippen LogP contribution < -0.4 is 43.9 Å². The molecule has 18 aromatic rings. The second-order valence-electron chi connectivity index (χ2n) is 29.7. The van der Waals surface area contributed by atoms with E-state index in [9.17, 15) is 63.9 Å². The second kappa shape index (κ2) is 42.4. The fraction of sp³-hybridized carbons (Fsp3) is 0.0909. The summed E-state index contributed by atoms with van der Waals surface area (Å²) in [5, 5.41) is 5.34. The number of pyridine rings is 12. The molecule has 0 radical (unpaired) electrons. The van der Waals surface area contributed by atoms with E-state index >= 15 is 0 Å². The first kappa shape index (κ1) is 97.7. The van der Waals surface area contributed by atoms with Crippen molar-refractivity contribution >= 4 is 170 Å². The van der Waals surface area contributed by atoms with Gasteiger partial charge in [0.15, 0.2) is 28.9 Å². The van der Waals surface area contributed by atoms with Gasteiger partial charge in [0.1, 0.15) is 97.0 Å². The van der Waals surface area contributed by atoms with E-state index in [0.717, 1.165) is 22.9 Å². The van der Waals surface area contributed by atoms with Crippen LogP contribution in [0.15, 0.2) is 243 Å². The summed E-state index contributed by atoms with van der Waals surface area (Å²) < 4.78 is 115. The van der Waals surface area contributed by atoms with Crippen molar-refractivity contribution in [2.75, 3.05) is 41.0 Å². The van der Waals surface area contributed by atoms with Crippen LogP contribution in [0.3, 0.4) is 0 Å². The summed E-state index contributed by atoms with van der Waals surface area (Å²) in [6.45, 7) is 6.33. The Kier molecular flexibility index (Phi) is 30.2. The minimum absolute atomic E-state index is 0.0352. The molecule has 18 rings (SSSR count). The number of rotatable bonds is 16. The van der Waals surface area contributed by atoms with Crippen molar-refractivity contribution in [3.05, 3.63) is 309 Å². The number of nitrogen functional groups attached to an aromatic ring is 6. The van der Waals surface area contributed by atoms with Crippen LogP contribution in [0.5, 0.6) is 11.5 Å². The summed E-state index contributed by atoms with van der Waals surface area (Å²) in [5.41, 5.74) is 46.8. The number of ketones is 5. The molecule has 690 valence electrons. The van der Waals surface area contributed by atoms with E-state index in [1.807, 2.05) is 24.3 Å². The van der Waals surface area contributed by atoms with Gasteiger partial charge in [-0.05, 0) is 193 Å². The third-order valence-corrected chi connectivity index (χ3v) is 21.1. The highest BCUT2D eigenvalue weighted by Crippen LogP contribution is 2.38. The third kappa shape index (κ3) is 23.5. The van der Waals surface area contributed by atoms with Crippen LogP contribution in [0.25, 0.3) is 133 Å². The van der Waals surface area contributed by atoms with Gasteiger partial charge in [-0.2, -0.15) is 8.78 Å². The first-order chi connectivity index (χ1) is 65.3. The number of anilines is 6. The topological polar surface area (TPSA) is 441 Å². The molecule has 0 bridgehead atoms. The average Bonchev–Trinajstić information content (AvgIpc) is 0.810. The van der Waals surface area contributed by atoms with Crippen molar-refractivity contribution in [3.63, 3.8) is 0 Å². The molecule has 0 saturated heterocycles. The summed E-state index contributed by atoms with van der Waals surface area (Å²) in [4.78, 5) is 121. The van der Waals surface area contributed by atoms with Crippen LogP contribution in [0.2, 0.25) is 15.1 Å². The number of carbonyl (C=O) groups excluding carboxylic acids is 6. The lowest BCUT2D eigenvalue weighted by atomic mass is 10.1. The number of halogens is 11. The Balaban J connectivity index is 0.000000139. The molecule has 0 aliphatic carbocycles. The number of benzene rings is 6. The number of fused-ring (bicyclic) bond motifs is 6. The van der Waals surface area contributed by atoms with Gasteiger partial charge in [-0.3, -0.25) is 24.0 Å². The summed E-state index contributed by atoms with van der Waals surface area (Å²) in [7, 11) is 0. The van der Waals surface area contributed by atoms with Crippen LogP contribution >= 0.6 is 34.8 Å². The molecule has 0 atom stereocenters. The zero-order valence-corrected chi connectivity index (χ0v) is 74.8. The molecule has 0 spiro atoms. The van der Waals surface area contributed by atoms with E-state index < -0.39 is 30.6 Å². The minimum atomic E-state index is -4.78. The molecule has 12 N–H and O–H groups in total. The number of ether oxygens (including phenoxy) is 3. The maximum atomic E-state index is 13.4. The lowest BCUT2D eigenvalue weighted by Crippen LogP contribution is -2.17. The van der Waals surface area contributed by atoms with E-state index in [1.54, 1.807) is 128 Å². The van der Waals surface area contributed by atoms with Crippen molar-refractivity contribution in [1.82, 2.24) is 59.8 Å². The highest BCUT2D eigenvalue weighted by atomic mass is 35.5. The quantitative estimate of drug-likeness (QED) is 0.0297. The molecule has 0 aliphatic rings. The molecule has 0 unspecified atom stereocenters. The number of hydrogen-bond acceptors (Lipinski definition) is 27. The van der Waals surface area contributed by atoms with Gasteiger partial charge in [0, 0.05) is 147 Å². The molecule has 27 nitrogen and oxygen atoms in total. The summed E-state index contributed by atoms with van der Waals surface area (Å²) in [6, 6.07) is 54.0. The van der Waals surface area contributed by atoms with Crippen LogP contribution in [-0.2, 0) is 4.74 Å². The van der Waals surface area contributed by atoms with E-state index in [4.69, 9.17) is 73.9 Å². The van der Waals surface area contributed by atoms with E-state index in [1.165, 1.54) is 126 Å². The second-order valence-corrected chi connectivity index (χ2v) is 31.0. The molecule has 0 aliphatic heterocycles. The van der Waals surface area contributed by atoms with Crippen molar-refractivity contribution in [1.29, 1.82) is 0 Å². The maximum Gasteiger partial charge on any atom is 0.573 e. The minimum Gasteiger partial charge on any atom is -0.462 e. The monoisotopic (exact) mass is 1910 g/mol. The number of carbonyl (C=O) groups is 6. The summed E-state index contributed by atoms with van der Waals surface area (Å²) >= 11 is 18.0. The van der Waals surface area contributed by atoms with Crippen molar-refractivity contribution < 1.29 is 78.1 Å². The van der Waals surface area contributed by atoms with E-state index in [-0.39, 0.29) is 87.5 Å². The zero-order chi connectivity index (χ0) is 98.5. The first-order valence-electron chi connectivity index (χ1n) is 40.7. The molecule has 0 amide bonds. The predicted molar refractivity (Wildman–Crippen MR) is 511 cm³/mol. The number of esters is 1. The van der Waals surface area contributed by atoms with Gasteiger partial charge in [-0.1, -0.05) is 83.3 Å². The largest absolute Gasteiger partial charge is 0.573 e. The molecular formula is C99H73Cl3F8N18O9. The van der Waals surface area contributed by atoms with Gasteiger partial charge in [-0.15, -0.1) is 13.2 Å². The Morgan fingerprint density at radius 1 is 0.336 bits per heavy atom. The SMILES string of the molecule is CC(=O)c1cnc(N)c2nc(-c3cc(F)cc(F)c3)ccc12.CC(=O)c1cnc(N)c2nc(-c3ccc(Cl)cc3)ccc12.CC(=O)c1cnc(N)c2nc(-c3ccc(Cl)cc3Cl)ccc12.CC(=O)c1cnc(N)c2nc(-c3cccc(OC(F)(F)F)c3)ccc12.CC(=O)c1cnc(N)c2nc(-c3cccc(OC(F)F)c3)ccc12.CCOC(=O)c1cnc(N)c2nc(-c3cccc(F)c3)ccc12. The number of nitrogens with zero attached hydrogens (tertiary/aromatic N) is 12. The lowest BCUT2D eigenvalue weighted by Gasteiger charge is -2.11. The highest BCUT2D eigenvalue weighted by Gasteiger charge is 2.31. The molecule has 0 saturated carbocycles. The first-order valence-corrected chi connectivity index (χ1v) is 41.8. The van der Waals surface area contributed by atoms with Gasteiger partial charge >= 0.3 is 18.9 Å². The average molecular weight is 1920 g/mol. The number of hydrogen-bond donors (Lipinski definition) is 6. The van der Waals surface area contributed by atoms with E-state index in [0.29, 0.717) is 165 Å². The van der Waals surface area contributed by atoms with Gasteiger partial charge in [-0.25, -0.2) is 77.8 Å². The van der Waals surface area contributed by atoms with Crippen LogP contribution in [0.4, 0.5) is 70.0 Å². The summed E-state index contributed by atoms with van der Waals surface area (Å²) in [6.07, 6.45) is 3.74. The molecule has 12 heterocycles. The number of alkyl halides is 5. The fourth-order valence-corrected chi connectivity index (χ4v) is 14.5. The molecule has 12 aromatic heterocycles. The van der Waals surface area contributed by atoms with Crippen LogP contribution in [0.1, 0.15) is 104 Å². The fourth-order valence-electron chi connectivity index (χ4n) is 13.9. The molecule has 0 fully saturated rings. The number of nitrogens with two attached hydrogens (primary N) is 6. The van der Waals surface area contributed by atoms with Crippen molar-refractivity contribution in [3.8, 4) is 79.0 Å². The van der Waals surface area contributed by atoms with Crippen LogP contribution in [-0.4, -0.2) is 114 Å². The maximum absolute atomic E-state index is 13.4. The zero-order valence-electron chi connectivity index (χ0n) is 72.5. The van der Waals surface area contributed by atoms with Gasteiger partial charge in [0.05, 0.1) is 51.4 Å². The molecule has 137 heavy (non-hydrogen) atoms. The number of Topliss-reactive ketones (excluding diaryl/α,β-unsaturated/α-hetero) is 5. The molecule has 6 aromatic carbocycles. The highest BCUT2D eigenvalue weighted by molar-refractivity contribution is 6.36. The van der Waals surface area contributed by atoms with E-state index in [2.05, 4.69) is 69.3 Å². The smallest absolute Gasteiger partial charge is 0.462 e. The van der Waals surface area contributed by atoms with Crippen molar-refractivity contribution in [2.45, 2.75) is 54.5 Å². The van der Waals surface area contributed by atoms with Gasteiger partial charge < -0.3 is 48.6 Å². The Morgan fingerprint density at radius 3 is 0.993 bits per heavy atom. The normalized spacial score (nSPS) is 11.0. The third-order valence-electron chi connectivity index (χ3n) is 20.3. The standard InChI is InChI=1S/C17H12F3N3O2.C17H13F2N3O2.C17H14FN3O2.C16H11Cl2N3O.C16H12ClN3O.C16H11F2N3O/c1-9(24)13-8-22-16(21)15-12(13)5-6-14(23-15)10-3-2-4-11(7-10)25-17(18,19)20;1-9(23)13-8-21-16(20)15-12(13)5-6-14(22-15)10-3-2-4-11(7-10)24-17(18)19;1-2-23-17(22)13-9-20-16(19)15-12(13)6-7-14(21-15)10-4-3-5-11(18)8-10;1-8(22)12-7-20-16(19)15-10(12)4-5-14(21-15)11-3-2-9(17)6-13(11)18;1-9(21)13-8-19-16(18)15-12(13)6-7-14(20-15)10-2-4-11(17)5-3-10;1-8(22)13-7-20-16(19)15-12(13)2-3-14(21-15)9-4-10(17)6-11(18)5-9/h2-8H,1H3,(H2,21,22);2-8,17H,1H3,(H2,20,21);3-9H,2H2,1H3,(H2,19,20);2-7H,1H3,(H2,19,20);2-8H,1H3,(H2,18,19);2-7H,1H3,(H2,19,20). The Labute approximate surface area is 787 Å². The van der Waals surface area contributed by atoms with Gasteiger partial charge in [0.25, 0.3) is 0 Å². The molecular weight excluding hydrogens is 1840 g/mol. The molecule has 38 heteroatoms. The van der Waals surface area contributed by atoms with Crippen LogP contribution in [0, 0.1) is 17.5 Å². The Morgan fingerprint density at radius 2 is 0.642 bits per heavy atom. The Bertz CT molecular complexity index is 7790. The number of aromatic nitrogens is 12. The summed E-state index contributed by atoms with van der Waals surface area (Å²) in [5.74, 6) is -1.93. The predicted octanol–water partition coefficient (Wildman–Crippen LogP) is 22.3. The lowest BCUT2D eigenvalue weighted by molar-refractivity contribution is -0.274. The van der Waals surface area contributed by atoms with Crippen molar-refractivity contribution in [2.24, 2.45) is 0 Å². The van der Waals surface area contributed by atoms with Gasteiger partial charge in [0.2, 0.25) is 0 Å².